The number of amides is 1. The number of anilines is 1. The molecule has 0 N–H and O–H groups in total. The molecule has 7 nitrogen and oxygen atoms in total. The second-order valence-corrected chi connectivity index (χ2v) is 6.67. The Hall–Kier alpha value is -2.44. The summed E-state index contributed by atoms with van der Waals surface area (Å²) in [6.07, 6.45) is 2.26. The van der Waals surface area contributed by atoms with Crippen molar-refractivity contribution in [2.75, 3.05) is 32.1 Å². The van der Waals surface area contributed by atoms with Gasteiger partial charge in [-0.3, -0.25) is 4.79 Å². The van der Waals surface area contributed by atoms with Crippen molar-refractivity contribution in [3.8, 4) is 11.4 Å². The zero-order valence-corrected chi connectivity index (χ0v) is 14.5. The predicted octanol–water partition coefficient (Wildman–Crippen LogP) is 1.66. The van der Waals surface area contributed by atoms with Crippen molar-refractivity contribution in [3.05, 3.63) is 24.3 Å². The van der Waals surface area contributed by atoms with Crippen molar-refractivity contribution in [3.63, 3.8) is 0 Å². The number of nitrogens with zero attached hydrogens (tertiary/aromatic N) is 6. The van der Waals surface area contributed by atoms with Crippen LogP contribution < -0.4 is 4.90 Å². The van der Waals surface area contributed by atoms with Crippen molar-refractivity contribution >= 4 is 11.6 Å². The number of hydrogen-bond acceptors (Lipinski definition) is 5. The number of piperidine rings is 1. The molecular formula is C17H24N6O. The molecule has 1 saturated heterocycles. The second kappa shape index (κ2) is 6.98. The van der Waals surface area contributed by atoms with Gasteiger partial charge in [0.15, 0.2) is 0 Å². The molecule has 128 valence electrons. The van der Waals surface area contributed by atoms with Gasteiger partial charge in [0, 0.05) is 38.4 Å². The van der Waals surface area contributed by atoms with Gasteiger partial charge in [-0.1, -0.05) is 6.92 Å². The lowest BCUT2D eigenvalue weighted by Gasteiger charge is -2.30. The zero-order chi connectivity index (χ0) is 17.1. The fourth-order valence-electron chi connectivity index (χ4n) is 2.97. The lowest BCUT2D eigenvalue weighted by atomic mass is 10.0. The Morgan fingerprint density at radius 3 is 2.71 bits per heavy atom. The van der Waals surface area contributed by atoms with Gasteiger partial charge >= 0.3 is 0 Å². The Morgan fingerprint density at radius 1 is 1.29 bits per heavy atom. The molecule has 24 heavy (non-hydrogen) atoms. The second-order valence-electron chi connectivity index (χ2n) is 6.67. The lowest BCUT2D eigenvalue weighted by molar-refractivity contribution is -0.134. The number of carbonyl (C=O) groups excluding carboxylic acids is 1. The molecule has 1 amide bonds. The first-order chi connectivity index (χ1) is 11.5. The van der Waals surface area contributed by atoms with Crippen LogP contribution in [0.3, 0.4) is 0 Å². The molecular weight excluding hydrogens is 304 g/mol. The van der Waals surface area contributed by atoms with Crippen molar-refractivity contribution in [1.82, 2.24) is 25.1 Å². The third-order valence-electron chi connectivity index (χ3n) is 4.38. The van der Waals surface area contributed by atoms with E-state index in [0.717, 1.165) is 30.8 Å². The van der Waals surface area contributed by atoms with E-state index >= 15 is 0 Å². The summed E-state index contributed by atoms with van der Waals surface area (Å²) in [4.78, 5) is 17.7. The monoisotopic (exact) mass is 328 g/mol. The number of benzene rings is 1. The Balaban J connectivity index is 1.65. The fourth-order valence-corrected chi connectivity index (χ4v) is 2.97. The Kier molecular flexibility index (Phi) is 4.78. The summed E-state index contributed by atoms with van der Waals surface area (Å²) in [5.41, 5.74) is 2.01. The minimum Gasteiger partial charge on any atom is -0.378 e. The normalized spacial score (nSPS) is 17.8. The molecule has 0 unspecified atom stereocenters. The largest absolute Gasteiger partial charge is 0.378 e. The third-order valence-corrected chi connectivity index (χ3v) is 4.38. The Labute approximate surface area is 142 Å². The molecule has 3 rings (SSSR count). The number of likely N-dealkylation sites (tertiary alicyclic amines) is 1. The molecule has 0 spiro atoms. The van der Waals surface area contributed by atoms with Gasteiger partial charge in [-0.25, -0.2) is 0 Å². The first-order valence-electron chi connectivity index (χ1n) is 8.36. The van der Waals surface area contributed by atoms with Crippen LogP contribution in [0.2, 0.25) is 0 Å². The average molecular weight is 328 g/mol. The summed E-state index contributed by atoms with van der Waals surface area (Å²) in [6, 6.07) is 7.95. The third kappa shape index (κ3) is 3.72. The van der Waals surface area contributed by atoms with E-state index in [4.69, 9.17) is 0 Å². The number of aromatic nitrogens is 4. The van der Waals surface area contributed by atoms with Crippen LogP contribution in [0, 0.1) is 5.92 Å². The summed E-state index contributed by atoms with van der Waals surface area (Å²) < 4.78 is 0. The van der Waals surface area contributed by atoms with E-state index in [1.165, 1.54) is 11.2 Å². The fraction of sp³-hybridized carbons (Fsp3) is 0.529. The molecule has 7 heteroatoms. The highest BCUT2D eigenvalue weighted by Crippen LogP contribution is 2.19. The molecule has 0 radical (unpaired) electrons. The van der Waals surface area contributed by atoms with E-state index < -0.39 is 0 Å². The lowest BCUT2D eigenvalue weighted by Crippen LogP contribution is -2.41. The van der Waals surface area contributed by atoms with Crippen molar-refractivity contribution < 1.29 is 4.79 Å². The van der Waals surface area contributed by atoms with Crippen LogP contribution in [-0.2, 0) is 11.3 Å². The van der Waals surface area contributed by atoms with Crippen LogP contribution in [0.5, 0.6) is 0 Å². The van der Waals surface area contributed by atoms with Gasteiger partial charge in [-0.05, 0) is 48.2 Å². The highest BCUT2D eigenvalue weighted by molar-refractivity contribution is 5.76. The van der Waals surface area contributed by atoms with E-state index in [9.17, 15) is 4.79 Å². The molecule has 1 fully saturated rings. The number of carbonyl (C=O) groups is 1. The van der Waals surface area contributed by atoms with Crippen molar-refractivity contribution in [1.29, 1.82) is 0 Å². The first kappa shape index (κ1) is 16.4. The average Bonchev–Trinajstić information content (AvgIpc) is 3.03. The quantitative estimate of drug-likeness (QED) is 0.854. The summed E-state index contributed by atoms with van der Waals surface area (Å²) in [6.45, 7) is 3.99. The van der Waals surface area contributed by atoms with Crippen LogP contribution >= 0.6 is 0 Å². The van der Waals surface area contributed by atoms with Crippen molar-refractivity contribution in [2.45, 2.75) is 26.3 Å². The van der Waals surface area contributed by atoms with E-state index in [1.807, 2.05) is 48.2 Å². The SMILES string of the molecule is C[C@@H]1CCCN(C(=O)Cn2nnc(-c3ccc(N(C)C)cc3)n2)C1. The van der Waals surface area contributed by atoms with Gasteiger partial charge in [0.1, 0.15) is 6.54 Å². The summed E-state index contributed by atoms with van der Waals surface area (Å²) >= 11 is 0. The minimum absolute atomic E-state index is 0.0634. The number of hydrogen-bond donors (Lipinski definition) is 0. The van der Waals surface area contributed by atoms with Crippen LogP contribution in [0.15, 0.2) is 24.3 Å². The zero-order valence-electron chi connectivity index (χ0n) is 14.5. The van der Waals surface area contributed by atoms with E-state index in [0.29, 0.717) is 11.7 Å². The molecule has 2 aromatic rings. The molecule has 1 aromatic heterocycles. The summed E-state index contributed by atoms with van der Waals surface area (Å²) in [5, 5.41) is 12.4. The van der Waals surface area contributed by atoms with Crippen LogP contribution in [0.4, 0.5) is 5.69 Å². The summed E-state index contributed by atoms with van der Waals surface area (Å²) in [7, 11) is 3.99. The highest BCUT2D eigenvalue weighted by atomic mass is 16.2. The number of tetrazole rings is 1. The maximum Gasteiger partial charge on any atom is 0.246 e. The van der Waals surface area contributed by atoms with E-state index in [2.05, 4.69) is 22.3 Å². The van der Waals surface area contributed by atoms with E-state index in [-0.39, 0.29) is 12.5 Å². The smallest absolute Gasteiger partial charge is 0.246 e. The van der Waals surface area contributed by atoms with Gasteiger partial charge < -0.3 is 9.80 Å². The molecule has 1 aromatic carbocycles. The van der Waals surface area contributed by atoms with Gasteiger partial charge in [0.2, 0.25) is 11.7 Å². The maximum atomic E-state index is 12.4. The molecule has 0 aliphatic carbocycles. The van der Waals surface area contributed by atoms with E-state index in [1.54, 1.807) is 0 Å². The van der Waals surface area contributed by atoms with Gasteiger partial charge in [0.25, 0.3) is 0 Å². The van der Waals surface area contributed by atoms with Crippen LogP contribution in [0.1, 0.15) is 19.8 Å². The summed E-state index contributed by atoms with van der Waals surface area (Å²) in [5.74, 6) is 1.17. The minimum atomic E-state index is 0.0634. The number of rotatable bonds is 4. The topological polar surface area (TPSA) is 67.2 Å². The molecule has 0 bridgehead atoms. The molecule has 0 saturated carbocycles. The van der Waals surface area contributed by atoms with Crippen LogP contribution in [0.25, 0.3) is 11.4 Å². The first-order valence-corrected chi connectivity index (χ1v) is 8.36. The van der Waals surface area contributed by atoms with Gasteiger partial charge in [-0.15, -0.1) is 10.2 Å². The maximum absolute atomic E-state index is 12.4. The Morgan fingerprint density at radius 2 is 2.04 bits per heavy atom. The molecule has 1 aliphatic heterocycles. The van der Waals surface area contributed by atoms with Crippen molar-refractivity contribution in [2.24, 2.45) is 5.92 Å². The molecule has 1 aliphatic rings. The Bertz CT molecular complexity index is 693. The van der Waals surface area contributed by atoms with Crippen LogP contribution in [-0.4, -0.2) is 58.2 Å². The van der Waals surface area contributed by atoms with Gasteiger partial charge in [-0.2, -0.15) is 4.80 Å². The molecule has 2 heterocycles. The highest BCUT2D eigenvalue weighted by Gasteiger charge is 2.21. The standard InChI is InChI=1S/C17H24N6O/c1-13-5-4-10-22(11-13)16(24)12-23-19-17(18-20-23)14-6-8-15(9-7-14)21(2)3/h6-9,13H,4-5,10-12H2,1-3H3/t13-/m1/s1. The van der Waals surface area contributed by atoms with Gasteiger partial charge in [0.05, 0.1) is 0 Å². The predicted molar refractivity (Wildman–Crippen MR) is 92.6 cm³/mol. The molecule has 1 atom stereocenters.